The fourth-order valence-electron chi connectivity index (χ4n) is 4.05. The van der Waals surface area contributed by atoms with Crippen molar-refractivity contribution >= 4 is 31.3 Å². The number of hydrogen-bond donors (Lipinski definition) is 2. The molecule has 2 heterocycles. The van der Waals surface area contributed by atoms with E-state index in [2.05, 4.69) is 33.0 Å². The van der Waals surface area contributed by atoms with Crippen molar-refractivity contribution in [3.63, 3.8) is 0 Å². The van der Waals surface area contributed by atoms with Crippen LogP contribution in [0.15, 0.2) is 48.5 Å². The Labute approximate surface area is 247 Å². The third kappa shape index (κ3) is 8.36. The molecule has 0 atom stereocenters. The molecule has 2 aliphatic heterocycles. The summed E-state index contributed by atoms with van der Waals surface area (Å²) in [7, 11) is -0.658. The van der Waals surface area contributed by atoms with E-state index >= 15 is 0 Å². The molecule has 2 fully saturated rings. The van der Waals surface area contributed by atoms with Gasteiger partial charge in [0.2, 0.25) is 0 Å². The van der Waals surface area contributed by atoms with Crippen molar-refractivity contribution in [3.8, 4) is 0 Å². The van der Waals surface area contributed by atoms with Crippen molar-refractivity contribution in [1.82, 2.24) is 5.32 Å². The van der Waals surface area contributed by atoms with Crippen LogP contribution in [-0.4, -0.2) is 48.3 Å². The molecule has 8 nitrogen and oxygen atoms in total. The van der Waals surface area contributed by atoms with E-state index in [1.807, 2.05) is 97.0 Å². The van der Waals surface area contributed by atoms with E-state index in [0.29, 0.717) is 13.1 Å². The second-order valence-corrected chi connectivity index (χ2v) is 13.7. The van der Waals surface area contributed by atoms with Crippen molar-refractivity contribution in [3.05, 3.63) is 59.7 Å². The molecule has 41 heavy (non-hydrogen) atoms. The van der Waals surface area contributed by atoms with Crippen LogP contribution in [0.25, 0.3) is 0 Å². The first-order valence-corrected chi connectivity index (χ1v) is 14.3. The van der Waals surface area contributed by atoms with Crippen LogP contribution in [0.5, 0.6) is 0 Å². The van der Waals surface area contributed by atoms with E-state index in [9.17, 15) is 4.79 Å². The molecule has 0 saturated carbocycles. The minimum Gasteiger partial charge on any atom is -0.444 e. The van der Waals surface area contributed by atoms with Gasteiger partial charge in [0.1, 0.15) is 5.60 Å². The topological polar surface area (TPSA) is 101 Å². The summed E-state index contributed by atoms with van der Waals surface area (Å²) in [5.74, 6) is 0. The first-order chi connectivity index (χ1) is 18.8. The number of rotatable bonds is 5. The first kappa shape index (κ1) is 33.1. The molecule has 1 amide bonds. The van der Waals surface area contributed by atoms with Gasteiger partial charge in [-0.25, -0.2) is 4.79 Å². The molecule has 3 N–H and O–H groups in total. The number of hydrogen-bond acceptors (Lipinski definition) is 7. The SMILES string of the molecule is CC(C)(C)OC(=O)NCc1ccc(B2OC(C)(C)C(C)(C)O2)cc1.CC1(C)OB(c2ccc(CN)cc2)OC1(C)C. The van der Waals surface area contributed by atoms with E-state index in [0.717, 1.165) is 22.1 Å². The Kier molecular flexibility index (Phi) is 9.78. The summed E-state index contributed by atoms with van der Waals surface area (Å²) in [6.07, 6.45) is -0.419. The molecule has 4 rings (SSSR count). The molecule has 2 aromatic rings. The van der Waals surface area contributed by atoms with Crippen molar-refractivity contribution in [2.24, 2.45) is 5.73 Å². The smallest absolute Gasteiger partial charge is 0.444 e. The summed E-state index contributed by atoms with van der Waals surface area (Å²) in [4.78, 5) is 11.7. The van der Waals surface area contributed by atoms with Crippen molar-refractivity contribution < 1.29 is 28.1 Å². The average molecular weight is 566 g/mol. The van der Waals surface area contributed by atoms with E-state index in [1.165, 1.54) is 0 Å². The summed E-state index contributed by atoms with van der Waals surface area (Å²) in [6.45, 7) is 22.9. The average Bonchev–Trinajstić information content (AvgIpc) is 3.22. The van der Waals surface area contributed by atoms with Crippen LogP contribution < -0.4 is 22.0 Å². The maximum Gasteiger partial charge on any atom is 0.494 e. The maximum absolute atomic E-state index is 11.7. The molecule has 2 aliphatic rings. The Hall–Kier alpha value is -2.36. The van der Waals surface area contributed by atoms with Gasteiger partial charge in [-0.1, -0.05) is 48.5 Å². The highest BCUT2D eigenvalue weighted by Gasteiger charge is 2.52. The van der Waals surface area contributed by atoms with Crippen molar-refractivity contribution in [2.75, 3.05) is 0 Å². The van der Waals surface area contributed by atoms with Gasteiger partial charge in [-0.05, 0) is 98.2 Å². The van der Waals surface area contributed by atoms with Crippen LogP contribution in [0.3, 0.4) is 0 Å². The quantitative estimate of drug-likeness (QED) is 0.516. The maximum atomic E-state index is 11.7. The second-order valence-electron chi connectivity index (χ2n) is 13.7. The molecular weight excluding hydrogens is 518 g/mol. The Balaban J connectivity index is 0.000000239. The van der Waals surface area contributed by atoms with Gasteiger partial charge in [-0.2, -0.15) is 0 Å². The van der Waals surface area contributed by atoms with Crippen LogP contribution in [-0.2, 0) is 36.4 Å². The molecule has 10 heteroatoms. The number of amides is 1. The molecule has 0 bridgehead atoms. The highest BCUT2D eigenvalue weighted by Crippen LogP contribution is 2.37. The van der Waals surface area contributed by atoms with Gasteiger partial charge in [-0.3, -0.25) is 0 Å². The van der Waals surface area contributed by atoms with Crippen LogP contribution in [0.2, 0.25) is 0 Å². The van der Waals surface area contributed by atoms with Gasteiger partial charge in [0, 0.05) is 13.1 Å². The Morgan fingerprint density at radius 2 is 1.05 bits per heavy atom. The molecule has 0 aromatic heterocycles. The summed E-state index contributed by atoms with van der Waals surface area (Å²) >= 11 is 0. The number of ether oxygens (including phenoxy) is 1. The van der Waals surface area contributed by atoms with Gasteiger partial charge in [0.05, 0.1) is 22.4 Å². The zero-order chi connectivity index (χ0) is 30.9. The highest BCUT2D eigenvalue weighted by molar-refractivity contribution is 6.62. The van der Waals surface area contributed by atoms with E-state index in [1.54, 1.807) is 0 Å². The lowest BCUT2D eigenvalue weighted by Crippen LogP contribution is -2.41. The first-order valence-electron chi connectivity index (χ1n) is 14.3. The fourth-order valence-corrected chi connectivity index (χ4v) is 4.05. The third-order valence-electron chi connectivity index (χ3n) is 8.08. The van der Waals surface area contributed by atoms with Crippen molar-refractivity contribution in [1.29, 1.82) is 0 Å². The van der Waals surface area contributed by atoms with Gasteiger partial charge in [0.25, 0.3) is 0 Å². The van der Waals surface area contributed by atoms with Gasteiger partial charge >= 0.3 is 20.3 Å². The molecule has 0 radical (unpaired) electrons. The molecule has 2 aromatic carbocycles. The predicted molar refractivity (Wildman–Crippen MR) is 165 cm³/mol. The second kappa shape index (κ2) is 12.1. The van der Waals surface area contributed by atoms with Gasteiger partial charge < -0.3 is 34.4 Å². The number of alkyl carbamates (subject to hydrolysis) is 1. The number of nitrogens with two attached hydrogens (primary N) is 1. The van der Waals surface area contributed by atoms with Gasteiger partial charge in [-0.15, -0.1) is 0 Å². The van der Waals surface area contributed by atoms with E-state index in [4.69, 9.17) is 29.1 Å². The lowest BCUT2D eigenvalue weighted by molar-refractivity contribution is 0.00578. The Morgan fingerprint density at radius 1 is 0.707 bits per heavy atom. The summed E-state index contributed by atoms with van der Waals surface area (Å²) in [6, 6.07) is 15.9. The van der Waals surface area contributed by atoms with Gasteiger partial charge in [0.15, 0.2) is 0 Å². The number of nitrogens with one attached hydrogen (secondary N) is 1. The summed E-state index contributed by atoms with van der Waals surface area (Å²) < 4.78 is 29.2. The minimum atomic E-state index is -0.495. The number of benzene rings is 2. The Bertz CT molecular complexity index is 1140. The predicted octanol–water partition coefficient (Wildman–Crippen LogP) is 4.46. The molecule has 0 spiro atoms. The van der Waals surface area contributed by atoms with E-state index < -0.39 is 11.7 Å². The van der Waals surface area contributed by atoms with Crippen LogP contribution in [0.4, 0.5) is 4.79 Å². The van der Waals surface area contributed by atoms with Crippen LogP contribution >= 0.6 is 0 Å². The summed E-state index contributed by atoms with van der Waals surface area (Å²) in [5, 5.41) is 2.75. The highest BCUT2D eigenvalue weighted by atomic mass is 16.7. The summed E-state index contributed by atoms with van der Waals surface area (Å²) in [5.41, 5.74) is 7.91. The fraction of sp³-hybridized carbons (Fsp3) is 0.581. The standard InChI is InChI=1S/C18H28BNO4.C13H20BNO2/c1-16(2,3)22-15(21)20-12-13-8-10-14(11-9-13)19-23-17(4,5)18(6,7)24-19;1-12(2)13(3,4)17-14(16-12)11-7-5-10(9-15)6-8-11/h8-11H,12H2,1-7H3,(H,20,21);5-8H,9,15H2,1-4H3. The van der Waals surface area contributed by atoms with Crippen LogP contribution in [0.1, 0.15) is 87.3 Å². The molecule has 0 aliphatic carbocycles. The molecular formula is C31H48B2N2O6. The lowest BCUT2D eigenvalue weighted by atomic mass is 9.79. The minimum absolute atomic E-state index is 0.285. The molecule has 0 unspecified atom stereocenters. The molecule has 224 valence electrons. The Morgan fingerprint density at radius 3 is 1.37 bits per heavy atom. The zero-order valence-electron chi connectivity index (χ0n) is 26.7. The van der Waals surface area contributed by atoms with Crippen molar-refractivity contribution in [2.45, 2.75) is 117 Å². The number of carbonyl (C=O) groups excluding carboxylic acids is 1. The van der Waals surface area contributed by atoms with E-state index in [-0.39, 0.29) is 36.6 Å². The largest absolute Gasteiger partial charge is 0.494 e. The third-order valence-corrected chi connectivity index (χ3v) is 8.08. The van der Waals surface area contributed by atoms with Crippen LogP contribution in [0, 0.1) is 0 Å². The molecule has 2 saturated heterocycles. The normalized spacial score (nSPS) is 20.3. The monoisotopic (exact) mass is 566 g/mol. The number of carbonyl (C=O) groups is 1. The zero-order valence-corrected chi connectivity index (χ0v) is 26.7. The lowest BCUT2D eigenvalue weighted by Gasteiger charge is -2.32.